The molecular formula is C20H22ClN3O2. The van der Waals surface area contributed by atoms with E-state index >= 15 is 0 Å². The van der Waals surface area contributed by atoms with E-state index in [-0.39, 0.29) is 12.0 Å². The summed E-state index contributed by atoms with van der Waals surface area (Å²) in [5.41, 5.74) is 2.46. The van der Waals surface area contributed by atoms with Crippen molar-refractivity contribution in [2.24, 2.45) is 0 Å². The first-order valence-electron chi connectivity index (χ1n) is 9.04. The molecule has 6 heteroatoms. The van der Waals surface area contributed by atoms with Crippen LogP contribution in [0.4, 0.5) is 5.82 Å². The molecule has 2 aromatic rings. The summed E-state index contributed by atoms with van der Waals surface area (Å²) in [5.74, 6) is 1.07. The third kappa shape index (κ3) is 3.69. The number of ether oxygens (including phenoxy) is 1. The molecule has 0 spiro atoms. The first-order valence-corrected chi connectivity index (χ1v) is 9.42. The van der Waals surface area contributed by atoms with Gasteiger partial charge in [0.15, 0.2) is 0 Å². The second-order valence-corrected chi connectivity index (χ2v) is 7.15. The Balaban J connectivity index is 1.35. The topological polar surface area (TPSA) is 45.7 Å². The molecule has 2 aliphatic rings. The Morgan fingerprint density at radius 2 is 1.96 bits per heavy atom. The van der Waals surface area contributed by atoms with Gasteiger partial charge in [-0.05, 0) is 29.7 Å². The monoisotopic (exact) mass is 371 g/mol. The van der Waals surface area contributed by atoms with E-state index in [4.69, 9.17) is 16.3 Å². The first-order chi connectivity index (χ1) is 12.7. The molecule has 136 valence electrons. The number of hydrogen-bond acceptors (Lipinski definition) is 4. The molecule has 0 aliphatic carbocycles. The molecule has 26 heavy (non-hydrogen) atoms. The van der Waals surface area contributed by atoms with Gasteiger partial charge in [0.1, 0.15) is 5.82 Å². The van der Waals surface area contributed by atoms with Crippen molar-refractivity contribution in [3.05, 3.63) is 58.7 Å². The standard InChI is InChI=1S/C20H22ClN3O2/c21-16-5-6-19(22-14-16)23-8-10-24(11-9-23)20(25)13-18-17-4-2-1-3-15(17)7-12-26-18/h1-6,14,18H,7-13H2. The Bertz CT molecular complexity index is 773. The molecule has 3 heterocycles. The van der Waals surface area contributed by atoms with Crippen LogP contribution >= 0.6 is 11.6 Å². The zero-order valence-electron chi connectivity index (χ0n) is 14.6. The number of hydrogen-bond donors (Lipinski definition) is 0. The molecule has 1 saturated heterocycles. The van der Waals surface area contributed by atoms with Gasteiger partial charge >= 0.3 is 0 Å². The van der Waals surface area contributed by atoms with Crippen LogP contribution in [-0.4, -0.2) is 48.6 Å². The SMILES string of the molecule is O=C(CC1OCCc2ccccc21)N1CCN(c2ccc(Cl)cn2)CC1. The van der Waals surface area contributed by atoms with Crippen molar-refractivity contribution in [2.45, 2.75) is 18.9 Å². The van der Waals surface area contributed by atoms with Crippen molar-refractivity contribution in [2.75, 3.05) is 37.7 Å². The zero-order chi connectivity index (χ0) is 17.9. The van der Waals surface area contributed by atoms with Crippen molar-refractivity contribution in [1.82, 2.24) is 9.88 Å². The number of piperazine rings is 1. The molecule has 1 aromatic heterocycles. The number of pyridine rings is 1. The van der Waals surface area contributed by atoms with Gasteiger partial charge in [0, 0.05) is 32.4 Å². The fourth-order valence-corrected chi connectivity index (χ4v) is 3.79. The Kier molecular flexibility index (Phi) is 5.09. The average Bonchev–Trinajstić information content (AvgIpc) is 2.69. The average molecular weight is 372 g/mol. The van der Waals surface area contributed by atoms with Crippen LogP contribution in [-0.2, 0) is 16.0 Å². The van der Waals surface area contributed by atoms with Crippen molar-refractivity contribution in [1.29, 1.82) is 0 Å². The molecule has 1 unspecified atom stereocenters. The fourth-order valence-electron chi connectivity index (χ4n) is 3.67. The van der Waals surface area contributed by atoms with Gasteiger partial charge in [-0.3, -0.25) is 4.79 Å². The molecule has 1 atom stereocenters. The highest BCUT2D eigenvalue weighted by Crippen LogP contribution is 2.30. The van der Waals surface area contributed by atoms with Crippen molar-refractivity contribution < 1.29 is 9.53 Å². The van der Waals surface area contributed by atoms with E-state index in [0.717, 1.165) is 30.9 Å². The number of aromatic nitrogens is 1. The van der Waals surface area contributed by atoms with Crippen LogP contribution in [0.2, 0.25) is 5.02 Å². The van der Waals surface area contributed by atoms with Gasteiger partial charge in [0.05, 0.1) is 24.2 Å². The highest BCUT2D eigenvalue weighted by Gasteiger charge is 2.27. The van der Waals surface area contributed by atoms with Gasteiger partial charge in [-0.2, -0.15) is 0 Å². The largest absolute Gasteiger partial charge is 0.373 e. The lowest BCUT2D eigenvalue weighted by molar-refractivity contribution is -0.135. The van der Waals surface area contributed by atoms with Crippen molar-refractivity contribution in [3.8, 4) is 0 Å². The van der Waals surface area contributed by atoms with Gasteiger partial charge in [-0.15, -0.1) is 0 Å². The minimum absolute atomic E-state index is 0.122. The first kappa shape index (κ1) is 17.3. The lowest BCUT2D eigenvalue weighted by Gasteiger charge is -2.36. The van der Waals surface area contributed by atoms with Crippen LogP contribution in [0.3, 0.4) is 0 Å². The number of carbonyl (C=O) groups excluding carboxylic acids is 1. The van der Waals surface area contributed by atoms with Crippen LogP contribution in [0.15, 0.2) is 42.6 Å². The Hall–Kier alpha value is -2.11. The second kappa shape index (κ2) is 7.64. The van der Waals surface area contributed by atoms with Gasteiger partial charge in [0.2, 0.25) is 5.91 Å². The lowest BCUT2D eigenvalue weighted by atomic mass is 9.95. The maximum atomic E-state index is 12.8. The molecule has 0 radical (unpaired) electrons. The molecular weight excluding hydrogens is 350 g/mol. The molecule has 1 fully saturated rings. The normalized spacial score (nSPS) is 20.0. The number of anilines is 1. The molecule has 2 aliphatic heterocycles. The second-order valence-electron chi connectivity index (χ2n) is 6.71. The highest BCUT2D eigenvalue weighted by molar-refractivity contribution is 6.30. The number of amides is 1. The van der Waals surface area contributed by atoms with E-state index in [1.54, 1.807) is 6.20 Å². The van der Waals surface area contributed by atoms with E-state index < -0.39 is 0 Å². The Morgan fingerprint density at radius 1 is 1.15 bits per heavy atom. The summed E-state index contributed by atoms with van der Waals surface area (Å²) in [7, 11) is 0. The van der Waals surface area contributed by atoms with Gasteiger partial charge < -0.3 is 14.5 Å². The van der Waals surface area contributed by atoms with Crippen molar-refractivity contribution in [3.63, 3.8) is 0 Å². The quantitative estimate of drug-likeness (QED) is 0.831. The molecule has 0 saturated carbocycles. The molecule has 4 rings (SSSR count). The summed E-state index contributed by atoms with van der Waals surface area (Å²) in [5, 5.41) is 0.635. The van der Waals surface area contributed by atoms with Crippen LogP contribution in [0.1, 0.15) is 23.7 Å². The summed E-state index contributed by atoms with van der Waals surface area (Å²) in [6, 6.07) is 12.0. The number of halogens is 1. The van der Waals surface area contributed by atoms with E-state index in [1.807, 2.05) is 29.2 Å². The minimum atomic E-state index is -0.122. The van der Waals surface area contributed by atoms with Crippen LogP contribution < -0.4 is 4.90 Å². The van der Waals surface area contributed by atoms with E-state index in [9.17, 15) is 4.79 Å². The minimum Gasteiger partial charge on any atom is -0.373 e. The lowest BCUT2D eigenvalue weighted by Crippen LogP contribution is -2.49. The Labute approximate surface area is 158 Å². The summed E-state index contributed by atoms with van der Waals surface area (Å²) < 4.78 is 5.89. The summed E-state index contributed by atoms with van der Waals surface area (Å²) in [6.07, 6.45) is 2.87. The molecule has 1 aromatic carbocycles. The summed E-state index contributed by atoms with van der Waals surface area (Å²) >= 11 is 5.90. The predicted molar refractivity (Wildman–Crippen MR) is 101 cm³/mol. The van der Waals surface area contributed by atoms with Crippen LogP contribution in [0.25, 0.3) is 0 Å². The number of nitrogens with zero attached hydrogens (tertiary/aromatic N) is 3. The molecule has 1 amide bonds. The van der Waals surface area contributed by atoms with Crippen LogP contribution in [0.5, 0.6) is 0 Å². The zero-order valence-corrected chi connectivity index (χ0v) is 15.4. The summed E-state index contributed by atoms with van der Waals surface area (Å²) in [4.78, 5) is 21.2. The smallest absolute Gasteiger partial charge is 0.225 e. The maximum absolute atomic E-state index is 12.8. The number of benzene rings is 1. The third-order valence-corrected chi connectivity index (χ3v) is 5.34. The van der Waals surface area contributed by atoms with E-state index in [1.165, 1.54) is 5.56 Å². The Morgan fingerprint density at radius 3 is 2.73 bits per heavy atom. The van der Waals surface area contributed by atoms with Gasteiger partial charge in [-0.25, -0.2) is 4.98 Å². The van der Waals surface area contributed by atoms with Crippen molar-refractivity contribution >= 4 is 23.3 Å². The van der Waals surface area contributed by atoms with Crippen LogP contribution in [0, 0.1) is 0 Å². The van der Waals surface area contributed by atoms with Gasteiger partial charge in [0.25, 0.3) is 0 Å². The maximum Gasteiger partial charge on any atom is 0.225 e. The van der Waals surface area contributed by atoms with Gasteiger partial charge in [-0.1, -0.05) is 35.9 Å². The predicted octanol–water partition coefficient (Wildman–Crippen LogP) is 3.09. The fraction of sp³-hybridized carbons (Fsp3) is 0.400. The number of rotatable bonds is 3. The van der Waals surface area contributed by atoms with E-state index in [2.05, 4.69) is 22.0 Å². The summed E-state index contributed by atoms with van der Waals surface area (Å²) in [6.45, 7) is 3.66. The molecule has 5 nitrogen and oxygen atoms in total. The molecule has 0 N–H and O–H groups in total. The third-order valence-electron chi connectivity index (χ3n) is 5.12. The number of fused-ring (bicyclic) bond motifs is 1. The number of carbonyl (C=O) groups is 1. The molecule has 0 bridgehead atoms. The highest BCUT2D eigenvalue weighted by atomic mass is 35.5. The van der Waals surface area contributed by atoms with E-state index in [0.29, 0.717) is 31.1 Å².